The van der Waals surface area contributed by atoms with Gasteiger partial charge in [0.15, 0.2) is 0 Å². The van der Waals surface area contributed by atoms with Crippen LogP contribution in [0.5, 0.6) is 5.75 Å². The Hall–Kier alpha value is -4.13. The fourth-order valence-corrected chi connectivity index (χ4v) is 3.74. The maximum Gasteiger partial charge on any atom is 0.243 e. The van der Waals surface area contributed by atoms with Gasteiger partial charge in [0.2, 0.25) is 17.7 Å². The Morgan fingerprint density at radius 2 is 1.57 bits per heavy atom. The minimum absolute atomic E-state index is 0.133. The highest BCUT2D eigenvalue weighted by Gasteiger charge is 2.23. The van der Waals surface area contributed by atoms with Crippen LogP contribution < -0.4 is 20.7 Å². The largest absolute Gasteiger partial charge is 0.497 e. The molecule has 0 aliphatic heterocycles. The van der Waals surface area contributed by atoms with E-state index < -0.39 is 6.04 Å². The van der Waals surface area contributed by atoms with E-state index >= 15 is 0 Å². The molecule has 3 aromatic rings. The monoisotopic (exact) mass is 473 g/mol. The van der Waals surface area contributed by atoms with E-state index in [1.807, 2.05) is 55.5 Å². The number of nitrogens with one attached hydrogen (secondary N) is 3. The fraction of sp³-hybridized carbons (Fsp3) is 0.250. The lowest BCUT2D eigenvalue weighted by molar-refractivity contribution is -0.129. The zero-order chi connectivity index (χ0) is 25.2. The van der Waals surface area contributed by atoms with Gasteiger partial charge in [0.1, 0.15) is 11.8 Å². The lowest BCUT2D eigenvalue weighted by Gasteiger charge is -2.22. The van der Waals surface area contributed by atoms with E-state index in [0.717, 1.165) is 16.7 Å². The van der Waals surface area contributed by atoms with Crippen molar-refractivity contribution >= 4 is 23.4 Å². The number of hydrogen-bond donors (Lipinski definition) is 3. The van der Waals surface area contributed by atoms with E-state index in [1.165, 1.54) is 6.92 Å². The van der Waals surface area contributed by atoms with E-state index in [4.69, 9.17) is 4.74 Å². The molecule has 0 heterocycles. The summed E-state index contributed by atoms with van der Waals surface area (Å²) in [5.41, 5.74) is 3.23. The molecule has 0 aliphatic rings. The molecule has 0 saturated heterocycles. The third-order valence-corrected chi connectivity index (χ3v) is 5.52. The van der Waals surface area contributed by atoms with Gasteiger partial charge in [-0.3, -0.25) is 14.4 Å². The second-order valence-electron chi connectivity index (χ2n) is 8.37. The number of amides is 3. The first-order valence-corrected chi connectivity index (χ1v) is 11.5. The summed E-state index contributed by atoms with van der Waals surface area (Å²) >= 11 is 0. The van der Waals surface area contributed by atoms with Crippen LogP contribution in [0.3, 0.4) is 0 Å². The van der Waals surface area contributed by atoms with E-state index in [0.29, 0.717) is 11.4 Å². The lowest BCUT2D eigenvalue weighted by Crippen LogP contribution is -2.49. The summed E-state index contributed by atoms with van der Waals surface area (Å²) in [4.78, 5) is 37.5. The molecule has 3 rings (SSSR count). The average Bonchev–Trinajstić information content (AvgIpc) is 2.84. The van der Waals surface area contributed by atoms with Crippen LogP contribution in [0, 0.1) is 0 Å². The van der Waals surface area contributed by atoms with Crippen molar-refractivity contribution in [1.29, 1.82) is 0 Å². The number of benzene rings is 3. The number of ether oxygens (including phenoxy) is 1. The number of carbonyl (C=O) groups is 3. The molecule has 7 nitrogen and oxygen atoms in total. The van der Waals surface area contributed by atoms with Gasteiger partial charge in [-0.15, -0.1) is 0 Å². The van der Waals surface area contributed by atoms with Crippen molar-refractivity contribution in [2.75, 3.05) is 12.4 Å². The summed E-state index contributed by atoms with van der Waals surface area (Å²) in [6.45, 7) is 3.34. The van der Waals surface area contributed by atoms with Crippen molar-refractivity contribution in [2.45, 2.75) is 38.8 Å². The van der Waals surface area contributed by atoms with E-state index in [2.05, 4.69) is 16.0 Å². The first-order chi connectivity index (χ1) is 16.8. The van der Waals surface area contributed by atoms with Crippen molar-refractivity contribution < 1.29 is 19.1 Å². The Morgan fingerprint density at radius 1 is 0.857 bits per heavy atom. The first-order valence-electron chi connectivity index (χ1n) is 11.5. The Kier molecular flexibility index (Phi) is 9.01. The van der Waals surface area contributed by atoms with Crippen LogP contribution in [0.1, 0.15) is 36.6 Å². The van der Waals surface area contributed by atoms with Gasteiger partial charge in [-0.05, 0) is 47.9 Å². The third-order valence-electron chi connectivity index (χ3n) is 5.52. The molecule has 2 atom stereocenters. The Labute approximate surface area is 205 Å². The molecule has 3 aromatic carbocycles. The second kappa shape index (κ2) is 12.4. The molecule has 0 radical (unpaired) electrons. The van der Waals surface area contributed by atoms with Gasteiger partial charge in [0, 0.05) is 19.0 Å². The fourth-order valence-electron chi connectivity index (χ4n) is 3.74. The number of anilines is 1. The average molecular weight is 474 g/mol. The molecule has 0 aromatic heterocycles. The number of methoxy groups -OCH3 is 1. The summed E-state index contributed by atoms with van der Waals surface area (Å²) in [5, 5.41) is 8.64. The molecule has 35 heavy (non-hydrogen) atoms. The van der Waals surface area contributed by atoms with Crippen LogP contribution >= 0.6 is 0 Å². The summed E-state index contributed by atoms with van der Waals surface area (Å²) in [6, 6.07) is 23.1. The van der Waals surface area contributed by atoms with Crippen LogP contribution in [-0.4, -0.2) is 30.9 Å². The van der Waals surface area contributed by atoms with Crippen molar-refractivity contribution in [3.63, 3.8) is 0 Å². The maximum absolute atomic E-state index is 13.3. The molecular formula is C28H31N3O4. The predicted octanol–water partition coefficient (Wildman–Crippen LogP) is 3.80. The van der Waals surface area contributed by atoms with Crippen LogP contribution in [0.25, 0.3) is 0 Å². The quantitative estimate of drug-likeness (QED) is 0.417. The topological polar surface area (TPSA) is 96.5 Å². The predicted molar refractivity (Wildman–Crippen MR) is 136 cm³/mol. The zero-order valence-corrected chi connectivity index (χ0v) is 20.2. The van der Waals surface area contributed by atoms with Crippen molar-refractivity contribution in [3.05, 3.63) is 95.6 Å². The molecule has 182 valence electrons. The second-order valence-corrected chi connectivity index (χ2v) is 8.37. The highest BCUT2D eigenvalue weighted by atomic mass is 16.5. The summed E-state index contributed by atoms with van der Waals surface area (Å²) < 4.78 is 5.16. The van der Waals surface area contributed by atoms with Gasteiger partial charge in [-0.2, -0.15) is 0 Å². The van der Waals surface area contributed by atoms with Crippen LogP contribution in [0.15, 0.2) is 78.9 Å². The molecule has 0 saturated carbocycles. The number of rotatable bonds is 10. The van der Waals surface area contributed by atoms with Crippen LogP contribution in [0.4, 0.5) is 5.69 Å². The first kappa shape index (κ1) is 25.5. The van der Waals surface area contributed by atoms with Gasteiger partial charge in [0.05, 0.1) is 19.6 Å². The summed E-state index contributed by atoms with van der Waals surface area (Å²) in [5.74, 6) is -0.0173. The SMILES string of the molecule is COc1ccc(CC(=O)N[C@H](Cc2cccc(NC(C)=O)c2)C(=O)N[C@@H](C)c2ccccc2)cc1. The highest BCUT2D eigenvalue weighted by molar-refractivity contribution is 5.90. The molecule has 3 N–H and O–H groups in total. The molecule has 0 spiro atoms. The molecular weight excluding hydrogens is 442 g/mol. The van der Waals surface area contributed by atoms with Gasteiger partial charge in [-0.1, -0.05) is 54.6 Å². The normalized spacial score (nSPS) is 12.2. The Morgan fingerprint density at radius 3 is 2.23 bits per heavy atom. The van der Waals surface area contributed by atoms with Crippen LogP contribution in [0.2, 0.25) is 0 Å². The summed E-state index contributed by atoms with van der Waals surface area (Å²) in [6.07, 6.45) is 0.406. The van der Waals surface area contributed by atoms with E-state index in [9.17, 15) is 14.4 Å². The molecule has 0 unspecified atom stereocenters. The Bertz CT molecular complexity index is 1150. The van der Waals surface area contributed by atoms with Gasteiger partial charge < -0.3 is 20.7 Å². The molecule has 3 amide bonds. The maximum atomic E-state index is 13.3. The lowest BCUT2D eigenvalue weighted by atomic mass is 10.0. The van der Waals surface area contributed by atoms with E-state index in [-0.39, 0.29) is 36.6 Å². The van der Waals surface area contributed by atoms with Crippen molar-refractivity contribution in [3.8, 4) is 5.75 Å². The molecule has 0 bridgehead atoms. The number of carbonyl (C=O) groups excluding carboxylic acids is 3. The molecule has 7 heteroatoms. The van der Waals surface area contributed by atoms with Crippen molar-refractivity contribution in [1.82, 2.24) is 10.6 Å². The number of hydrogen-bond acceptors (Lipinski definition) is 4. The minimum atomic E-state index is -0.792. The van der Waals surface area contributed by atoms with E-state index in [1.54, 1.807) is 37.4 Å². The highest BCUT2D eigenvalue weighted by Crippen LogP contribution is 2.16. The van der Waals surface area contributed by atoms with Gasteiger partial charge >= 0.3 is 0 Å². The van der Waals surface area contributed by atoms with Gasteiger partial charge in [-0.25, -0.2) is 0 Å². The zero-order valence-electron chi connectivity index (χ0n) is 20.2. The molecule has 0 aliphatic carbocycles. The minimum Gasteiger partial charge on any atom is -0.497 e. The Balaban J connectivity index is 1.75. The summed E-state index contributed by atoms with van der Waals surface area (Å²) in [7, 11) is 1.59. The standard InChI is InChI=1S/C28H31N3O4/c1-19(23-9-5-4-6-10-23)29-28(34)26(17-22-8-7-11-24(16-22)30-20(2)32)31-27(33)18-21-12-14-25(35-3)15-13-21/h4-16,19,26H,17-18H2,1-3H3,(H,29,34)(H,30,32)(H,31,33)/t19-,26+/m0/s1. The third kappa shape index (κ3) is 7.99. The van der Waals surface area contributed by atoms with Crippen LogP contribution in [-0.2, 0) is 27.2 Å². The smallest absolute Gasteiger partial charge is 0.243 e. The van der Waals surface area contributed by atoms with Gasteiger partial charge in [0.25, 0.3) is 0 Å². The molecule has 0 fully saturated rings. The van der Waals surface area contributed by atoms with Crippen molar-refractivity contribution in [2.24, 2.45) is 0 Å².